The van der Waals surface area contributed by atoms with Crippen LogP contribution in [-0.4, -0.2) is 62.9 Å². The summed E-state index contributed by atoms with van der Waals surface area (Å²) in [7, 11) is -3.75. The predicted molar refractivity (Wildman–Crippen MR) is 124 cm³/mol. The number of fused-ring (bicyclic) bond motifs is 1. The zero-order chi connectivity index (χ0) is 23.1. The van der Waals surface area contributed by atoms with E-state index in [0.717, 1.165) is 11.3 Å². The summed E-state index contributed by atoms with van der Waals surface area (Å²) in [5.74, 6) is 0.895. The molecule has 1 aliphatic heterocycles. The van der Waals surface area contributed by atoms with Gasteiger partial charge in [0.1, 0.15) is 23.0 Å². The van der Waals surface area contributed by atoms with Gasteiger partial charge in [0.25, 0.3) is 0 Å². The van der Waals surface area contributed by atoms with E-state index in [-0.39, 0.29) is 23.1 Å². The molecule has 0 bridgehead atoms. The number of ether oxygens (including phenoxy) is 2. The van der Waals surface area contributed by atoms with Crippen LogP contribution in [0.4, 0.5) is 5.69 Å². The average Bonchev–Trinajstić information content (AvgIpc) is 2.97. The minimum atomic E-state index is -3.75. The standard InChI is InChI=1S/C23H31N3O5S/c1-4-26(5-2)32(28,29)22-15-19(11-12-21(22)30-6-3)24-23(27)17-25-13-14-31-20-10-8-7-9-18(20)16-25/h7-12,15H,4-6,13-14,16-17H2,1-3H3,(H,24,27). The third-order valence-electron chi connectivity index (χ3n) is 5.25. The number of carbonyl (C=O) groups is 1. The molecule has 0 saturated heterocycles. The number of sulfonamides is 1. The van der Waals surface area contributed by atoms with Crippen LogP contribution in [0.3, 0.4) is 0 Å². The number of para-hydroxylation sites is 1. The number of amides is 1. The lowest BCUT2D eigenvalue weighted by Gasteiger charge is -2.21. The Bertz CT molecular complexity index is 1040. The Balaban J connectivity index is 1.76. The van der Waals surface area contributed by atoms with E-state index in [1.54, 1.807) is 32.9 Å². The number of hydrogen-bond donors (Lipinski definition) is 1. The van der Waals surface area contributed by atoms with E-state index >= 15 is 0 Å². The molecule has 1 N–H and O–H groups in total. The molecule has 2 aromatic rings. The third kappa shape index (κ3) is 5.59. The van der Waals surface area contributed by atoms with Crippen molar-refractivity contribution in [2.45, 2.75) is 32.2 Å². The van der Waals surface area contributed by atoms with Crippen molar-refractivity contribution in [3.05, 3.63) is 48.0 Å². The normalized spacial score (nSPS) is 14.4. The van der Waals surface area contributed by atoms with Crippen LogP contribution in [0.5, 0.6) is 11.5 Å². The lowest BCUT2D eigenvalue weighted by atomic mass is 10.2. The second-order valence-corrected chi connectivity index (χ2v) is 9.31. The van der Waals surface area contributed by atoms with Crippen LogP contribution < -0.4 is 14.8 Å². The summed E-state index contributed by atoms with van der Waals surface area (Å²) in [6, 6.07) is 12.5. The third-order valence-corrected chi connectivity index (χ3v) is 7.32. The van der Waals surface area contributed by atoms with E-state index in [4.69, 9.17) is 9.47 Å². The highest BCUT2D eigenvalue weighted by atomic mass is 32.2. The molecular formula is C23H31N3O5S. The summed E-state index contributed by atoms with van der Waals surface area (Å²) in [5, 5.41) is 2.83. The molecule has 0 fully saturated rings. The fourth-order valence-corrected chi connectivity index (χ4v) is 5.30. The van der Waals surface area contributed by atoms with Gasteiger partial charge in [-0.1, -0.05) is 32.0 Å². The number of benzene rings is 2. The van der Waals surface area contributed by atoms with Gasteiger partial charge in [0.05, 0.1) is 13.2 Å². The van der Waals surface area contributed by atoms with Gasteiger partial charge in [-0.05, 0) is 31.2 Å². The van der Waals surface area contributed by atoms with Crippen molar-refractivity contribution in [3.8, 4) is 11.5 Å². The first-order valence-electron chi connectivity index (χ1n) is 10.9. The zero-order valence-corrected chi connectivity index (χ0v) is 19.7. The molecule has 0 spiro atoms. The Morgan fingerprint density at radius 2 is 1.91 bits per heavy atom. The minimum absolute atomic E-state index is 0.0537. The van der Waals surface area contributed by atoms with E-state index in [1.807, 2.05) is 29.2 Å². The van der Waals surface area contributed by atoms with Crippen LogP contribution in [0.15, 0.2) is 47.4 Å². The van der Waals surface area contributed by atoms with Crippen molar-refractivity contribution < 1.29 is 22.7 Å². The molecule has 8 nitrogen and oxygen atoms in total. The highest BCUT2D eigenvalue weighted by molar-refractivity contribution is 7.89. The summed E-state index contributed by atoms with van der Waals surface area (Å²) < 4.78 is 38.9. The molecule has 0 aliphatic carbocycles. The van der Waals surface area contributed by atoms with Crippen molar-refractivity contribution in [2.75, 3.05) is 44.7 Å². The molecule has 0 aromatic heterocycles. The lowest BCUT2D eigenvalue weighted by Crippen LogP contribution is -2.34. The summed E-state index contributed by atoms with van der Waals surface area (Å²) in [6.07, 6.45) is 0. The maximum absolute atomic E-state index is 13.1. The molecule has 32 heavy (non-hydrogen) atoms. The van der Waals surface area contributed by atoms with Crippen LogP contribution in [0, 0.1) is 0 Å². The molecule has 174 valence electrons. The second-order valence-electron chi connectivity index (χ2n) is 7.40. The molecule has 9 heteroatoms. The monoisotopic (exact) mass is 461 g/mol. The Morgan fingerprint density at radius 3 is 2.62 bits per heavy atom. The average molecular weight is 462 g/mol. The molecule has 0 atom stereocenters. The zero-order valence-electron chi connectivity index (χ0n) is 18.8. The van der Waals surface area contributed by atoms with E-state index in [2.05, 4.69) is 5.32 Å². The summed E-state index contributed by atoms with van der Waals surface area (Å²) >= 11 is 0. The highest BCUT2D eigenvalue weighted by Gasteiger charge is 2.26. The molecule has 0 unspecified atom stereocenters. The summed E-state index contributed by atoms with van der Waals surface area (Å²) in [6.45, 7) is 8.30. The highest BCUT2D eigenvalue weighted by Crippen LogP contribution is 2.30. The van der Waals surface area contributed by atoms with Crippen LogP contribution in [0.1, 0.15) is 26.3 Å². The quantitative estimate of drug-likeness (QED) is 0.618. The SMILES string of the molecule is CCOc1ccc(NC(=O)CN2CCOc3ccccc3C2)cc1S(=O)(=O)N(CC)CC. The molecular weight excluding hydrogens is 430 g/mol. The molecule has 1 heterocycles. The fourth-order valence-electron chi connectivity index (χ4n) is 3.68. The van der Waals surface area contributed by atoms with Crippen LogP contribution >= 0.6 is 0 Å². The molecule has 2 aromatic carbocycles. The van der Waals surface area contributed by atoms with Crippen LogP contribution in [0.2, 0.25) is 0 Å². The molecule has 0 radical (unpaired) electrons. The van der Waals surface area contributed by atoms with E-state index < -0.39 is 10.0 Å². The number of carbonyl (C=O) groups excluding carboxylic acids is 1. The van der Waals surface area contributed by atoms with Gasteiger partial charge in [-0.15, -0.1) is 0 Å². The first kappa shape index (κ1) is 24.0. The Morgan fingerprint density at radius 1 is 1.16 bits per heavy atom. The van der Waals surface area contributed by atoms with Gasteiger partial charge in [-0.2, -0.15) is 4.31 Å². The van der Waals surface area contributed by atoms with E-state index in [0.29, 0.717) is 45.1 Å². The Hall–Kier alpha value is -2.62. The fraction of sp³-hybridized carbons (Fsp3) is 0.435. The first-order chi connectivity index (χ1) is 15.4. The van der Waals surface area contributed by atoms with Crippen LogP contribution in [-0.2, 0) is 21.4 Å². The molecule has 1 amide bonds. The van der Waals surface area contributed by atoms with Gasteiger partial charge >= 0.3 is 0 Å². The largest absolute Gasteiger partial charge is 0.492 e. The summed E-state index contributed by atoms with van der Waals surface area (Å²) in [4.78, 5) is 14.8. The van der Waals surface area contributed by atoms with E-state index in [9.17, 15) is 13.2 Å². The van der Waals surface area contributed by atoms with Gasteiger partial charge in [0.15, 0.2) is 0 Å². The van der Waals surface area contributed by atoms with Crippen molar-refractivity contribution in [1.82, 2.24) is 9.21 Å². The number of rotatable bonds is 9. The topological polar surface area (TPSA) is 88.2 Å². The summed E-state index contributed by atoms with van der Waals surface area (Å²) in [5.41, 5.74) is 1.45. The Labute approximate surface area is 190 Å². The van der Waals surface area contributed by atoms with Gasteiger partial charge in [-0.3, -0.25) is 9.69 Å². The van der Waals surface area contributed by atoms with Crippen molar-refractivity contribution in [3.63, 3.8) is 0 Å². The first-order valence-corrected chi connectivity index (χ1v) is 12.3. The molecule has 3 rings (SSSR count). The van der Waals surface area contributed by atoms with Crippen molar-refractivity contribution in [1.29, 1.82) is 0 Å². The number of nitrogens with zero attached hydrogens (tertiary/aromatic N) is 2. The number of anilines is 1. The van der Waals surface area contributed by atoms with Crippen molar-refractivity contribution in [2.24, 2.45) is 0 Å². The smallest absolute Gasteiger partial charge is 0.246 e. The minimum Gasteiger partial charge on any atom is -0.492 e. The molecule has 0 saturated carbocycles. The van der Waals surface area contributed by atoms with Gasteiger partial charge in [0.2, 0.25) is 15.9 Å². The van der Waals surface area contributed by atoms with Gasteiger partial charge in [0, 0.05) is 37.4 Å². The van der Waals surface area contributed by atoms with Crippen LogP contribution in [0.25, 0.3) is 0 Å². The number of nitrogens with one attached hydrogen (secondary N) is 1. The van der Waals surface area contributed by atoms with Gasteiger partial charge in [-0.25, -0.2) is 8.42 Å². The lowest BCUT2D eigenvalue weighted by molar-refractivity contribution is -0.117. The molecule has 1 aliphatic rings. The second kappa shape index (κ2) is 10.8. The Kier molecular flexibility index (Phi) is 8.11. The van der Waals surface area contributed by atoms with Gasteiger partial charge < -0.3 is 14.8 Å². The van der Waals surface area contributed by atoms with Crippen molar-refractivity contribution >= 4 is 21.6 Å². The number of hydrogen-bond acceptors (Lipinski definition) is 6. The predicted octanol–water partition coefficient (Wildman–Crippen LogP) is 2.95. The maximum Gasteiger partial charge on any atom is 0.246 e. The maximum atomic E-state index is 13.1. The van der Waals surface area contributed by atoms with E-state index in [1.165, 1.54) is 10.4 Å².